The van der Waals surface area contributed by atoms with Crippen LogP contribution in [0.5, 0.6) is 0 Å². The highest BCUT2D eigenvalue weighted by Crippen LogP contribution is 2.21. The summed E-state index contributed by atoms with van der Waals surface area (Å²) >= 11 is 0. The zero-order chi connectivity index (χ0) is 8.84. The van der Waals surface area contributed by atoms with E-state index in [2.05, 4.69) is 0 Å². The Morgan fingerprint density at radius 2 is 1.92 bits per heavy atom. The van der Waals surface area contributed by atoms with E-state index in [4.69, 9.17) is 0 Å². The minimum Gasteiger partial charge on any atom is -0.427 e. The van der Waals surface area contributed by atoms with Crippen LogP contribution in [0.4, 0.5) is 0 Å². The Labute approximate surface area is 74.4 Å². The molecule has 0 aliphatic heterocycles. The van der Waals surface area contributed by atoms with Crippen LogP contribution in [-0.2, 0) is 0 Å². The summed E-state index contributed by atoms with van der Waals surface area (Å²) in [5.74, 6) is 0. The standard InChI is InChI=1S/C10H8N2O/c13-12-6-5-11-7-8-3-1-2-4-9(8)10(11)12/h1-7,13H. The summed E-state index contributed by atoms with van der Waals surface area (Å²) in [4.78, 5) is 0. The van der Waals surface area contributed by atoms with Crippen molar-refractivity contribution < 1.29 is 5.21 Å². The van der Waals surface area contributed by atoms with Crippen LogP contribution in [0.3, 0.4) is 0 Å². The van der Waals surface area contributed by atoms with E-state index >= 15 is 0 Å². The topological polar surface area (TPSA) is 29.6 Å². The fourth-order valence-electron chi connectivity index (χ4n) is 1.72. The molecule has 1 aromatic carbocycles. The van der Waals surface area contributed by atoms with E-state index in [-0.39, 0.29) is 0 Å². The lowest BCUT2D eigenvalue weighted by Crippen LogP contribution is -1.86. The second-order valence-electron chi connectivity index (χ2n) is 3.09. The zero-order valence-corrected chi connectivity index (χ0v) is 6.88. The van der Waals surface area contributed by atoms with E-state index in [9.17, 15) is 5.21 Å². The fourth-order valence-corrected chi connectivity index (χ4v) is 1.72. The molecule has 3 nitrogen and oxygen atoms in total. The maximum Gasteiger partial charge on any atom is 0.160 e. The molecule has 13 heavy (non-hydrogen) atoms. The monoisotopic (exact) mass is 172 g/mol. The van der Waals surface area contributed by atoms with Crippen LogP contribution in [-0.4, -0.2) is 14.3 Å². The van der Waals surface area contributed by atoms with Gasteiger partial charge < -0.3 is 9.61 Å². The van der Waals surface area contributed by atoms with Gasteiger partial charge in [-0.2, -0.15) is 4.73 Å². The lowest BCUT2D eigenvalue weighted by atomic mass is 10.2. The van der Waals surface area contributed by atoms with E-state index in [0.29, 0.717) is 0 Å². The van der Waals surface area contributed by atoms with Gasteiger partial charge in [-0.3, -0.25) is 0 Å². The Kier molecular flexibility index (Phi) is 1.05. The van der Waals surface area contributed by atoms with Crippen molar-refractivity contribution in [3.63, 3.8) is 0 Å². The summed E-state index contributed by atoms with van der Waals surface area (Å²) in [5, 5.41) is 11.7. The van der Waals surface area contributed by atoms with E-state index in [0.717, 1.165) is 21.2 Å². The lowest BCUT2D eigenvalue weighted by molar-refractivity contribution is 0.199. The molecule has 0 saturated carbocycles. The van der Waals surface area contributed by atoms with Crippen molar-refractivity contribution in [3.8, 4) is 0 Å². The van der Waals surface area contributed by atoms with Crippen molar-refractivity contribution in [3.05, 3.63) is 42.9 Å². The van der Waals surface area contributed by atoms with Crippen molar-refractivity contribution in [1.82, 2.24) is 9.13 Å². The number of fused-ring (bicyclic) bond motifs is 3. The Hall–Kier alpha value is -1.90. The molecule has 0 bridgehead atoms. The fraction of sp³-hybridized carbons (Fsp3) is 0. The second kappa shape index (κ2) is 2.07. The predicted octanol–water partition coefficient (Wildman–Crippen LogP) is 2.13. The number of hydrogen-bond acceptors (Lipinski definition) is 1. The van der Waals surface area contributed by atoms with Gasteiger partial charge in [0.2, 0.25) is 0 Å². The minimum atomic E-state index is 0.815. The third-order valence-electron chi connectivity index (χ3n) is 2.31. The smallest absolute Gasteiger partial charge is 0.160 e. The number of benzene rings is 1. The molecule has 0 atom stereocenters. The normalized spacial score (nSPS) is 11.4. The molecule has 0 unspecified atom stereocenters. The molecule has 3 rings (SSSR count). The summed E-state index contributed by atoms with van der Waals surface area (Å²) in [6, 6.07) is 7.98. The predicted molar refractivity (Wildman–Crippen MR) is 50.1 cm³/mol. The van der Waals surface area contributed by atoms with Gasteiger partial charge in [0.1, 0.15) is 0 Å². The number of hydrogen-bond donors (Lipinski definition) is 1. The molecule has 3 heteroatoms. The molecule has 0 aliphatic rings. The van der Waals surface area contributed by atoms with Gasteiger partial charge in [-0.05, 0) is 0 Å². The van der Waals surface area contributed by atoms with Gasteiger partial charge in [-0.25, -0.2) is 0 Å². The van der Waals surface area contributed by atoms with Gasteiger partial charge in [0, 0.05) is 23.2 Å². The molecular weight excluding hydrogens is 164 g/mol. The summed E-state index contributed by atoms with van der Waals surface area (Å²) in [5.41, 5.74) is 0.815. The highest BCUT2D eigenvalue weighted by Gasteiger charge is 2.05. The molecule has 0 radical (unpaired) electrons. The average Bonchev–Trinajstić information content (AvgIpc) is 2.66. The first kappa shape index (κ1) is 6.60. The van der Waals surface area contributed by atoms with Gasteiger partial charge in [-0.1, -0.05) is 24.3 Å². The SMILES string of the molecule is On1ccn2cc3ccccc3c12. The lowest BCUT2D eigenvalue weighted by Gasteiger charge is -1.91. The molecule has 2 aromatic heterocycles. The highest BCUT2D eigenvalue weighted by molar-refractivity contribution is 5.95. The minimum absolute atomic E-state index is 0.815. The van der Waals surface area contributed by atoms with Gasteiger partial charge in [0.05, 0.1) is 6.20 Å². The molecule has 0 spiro atoms. The Morgan fingerprint density at radius 3 is 2.85 bits per heavy atom. The van der Waals surface area contributed by atoms with Crippen molar-refractivity contribution in [1.29, 1.82) is 0 Å². The molecule has 2 heterocycles. The molecule has 0 saturated heterocycles. The van der Waals surface area contributed by atoms with E-state index in [1.807, 2.05) is 41.1 Å². The van der Waals surface area contributed by atoms with E-state index in [1.54, 1.807) is 6.20 Å². The van der Waals surface area contributed by atoms with Gasteiger partial charge in [0.25, 0.3) is 0 Å². The van der Waals surface area contributed by atoms with E-state index in [1.165, 1.54) is 0 Å². The van der Waals surface area contributed by atoms with Crippen LogP contribution < -0.4 is 0 Å². The molecule has 3 aromatic rings. The molecule has 1 N–H and O–H groups in total. The van der Waals surface area contributed by atoms with Crippen molar-refractivity contribution in [2.75, 3.05) is 0 Å². The number of aromatic nitrogens is 2. The molecule has 0 aliphatic carbocycles. The third-order valence-corrected chi connectivity index (χ3v) is 2.31. The average molecular weight is 172 g/mol. The van der Waals surface area contributed by atoms with Crippen molar-refractivity contribution in [2.45, 2.75) is 0 Å². The van der Waals surface area contributed by atoms with Crippen molar-refractivity contribution >= 4 is 16.4 Å². The summed E-state index contributed by atoms with van der Waals surface area (Å²) in [7, 11) is 0. The second-order valence-corrected chi connectivity index (χ2v) is 3.09. The van der Waals surface area contributed by atoms with Crippen molar-refractivity contribution in [2.24, 2.45) is 0 Å². The van der Waals surface area contributed by atoms with Crippen LogP contribution in [0.2, 0.25) is 0 Å². The highest BCUT2D eigenvalue weighted by atomic mass is 16.5. The summed E-state index contributed by atoms with van der Waals surface area (Å²) in [6.45, 7) is 0. The Morgan fingerprint density at radius 1 is 1.08 bits per heavy atom. The maximum absolute atomic E-state index is 9.49. The molecule has 64 valence electrons. The van der Waals surface area contributed by atoms with Gasteiger partial charge in [0.15, 0.2) is 5.65 Å². The quantitative estimate of drug-likeness (QED) is 0.517. The molecular formula is C10H8N2O. The van der Waals surface area contributed by atoms with E-state index < -0.39 is 0 Å². The first-order valence-corrected chi connectivity index (χ1v) is 4.12. The molecule has 0 amide bonds. The van der Waals surface area contributed by atoms with Crippen LogP contribution in [0.25, 0.3) is 16.4 Å². The first-order chi connectivity index (χ1) is 6.36. The maximum atomic E-state index is 9.49. The Balaban J connectivity index is 2.66. The first-order valence-electron chi connectivity index (χ1n) is 4.12. The zero-order valence-electron chi connectivity index (χ0n) is 6.88. The number of rotatable bonds is 0. The third kappa shape index (κ3) is 0.731. The van der Waals surface area contributed by atoms with Gasteiger partial charge >= 0.3 is 0 Å². The Bertz CT molecular complexity index is 577. The summed E-state index contributed by atoms with van der Waals surface area (Å²) in [6.07, 6.45) is 5.45. The van der Waals surface area contributed by atoms with Crippen LogP contribution in [0.1, 0.15) is 0 Å². The largest absolute Gasteiger partial charge is 0.427 e. The molecule has 0 fully saturated rings. The van der Waals surface area contributed by atoms with Crippen LogP contribution in [0, 0.1) is 0 Å². The van der Waals surface area contributed by atoms with Gasteiger partial charge in [-0.15, -0.1) is 0 Å². The van der Waals surface area contributed by atoms with Crippen LogP contribution in [0.15, 0.2) is 42.9 Å². The number of nitrogens with zero attached hydrogens (tertiary/aromatic N) is 2. The van der Waals surface area contributed by atoms with Crippen LogP contribution >= 0.6 is 0 Å². The summed E-state index contributed by atoms with van der Waals surface area (Å²) < 4.78 is 3.05. The number of imidazole rings is 1.